The van der Waals surface area contributed by atoms with Crippen molar-refractivity contribution in [1.82, 2.24) is 9.80 Å². The van der Waals surface area contributed by atoms with Gasteiger partial charge >= 0.3 is 0 Å². The molecule has 1 aliphatic heterocycles. The predicted octanol–water partition coefficient (Wildman–Crippen LogP) is 2.12. The smallest absolute Gasteiger partial charge is 0.236 e. The Morgan fingerprint density at radius 2 is 1.88 bits per heavy atom. The summed E-state index contributed by atoms with van der Waals surface area (Å²) in [4.78, 5) is 16.1. The molecule has 0 bridgehead atoms. The van der Waals surface area contributed by atoms with Gasteiger partial charge in [0.1, 0.15) is 0 Å². The molecule has 0 atom stereocenters. The van der Waals surface area contributed by atoms with Crippen LogP contribution in [0.5, 0.6) is 0 Å². The maximum atomic E-state index is 11.9. The highest BCUT2D eigenvalue weighted by molar-refractivity contribution is 5.78. The third kappa shape index (κ3) is 4.97. The molecule has 0 aromatic carbocycles. The predicted molar refractivity (Wildman–Crippen MR) is 67.5 cm³/mol. The Morgan fingerprint density at radius 1 is 1.19 bits per heavy atom. The number of rotatable bonds is 6. The van der Waals surface area contributed by atoms with Crippen LogP contribution in [0.15, 0.2) is 0 Å². The molecule has 1 amide bonds. The number of likely N-dealkylation sites (N-methyl/N-ethyl adjacent to an activating group) is 1. The molecule has 0 aromatic heterocycles. The third-order valence-corrected chi connectivity index (χ3v) is 3.26. The highest BCUT2D eigenvalue weighted by atomic mass is 16.2. The van der Waals surface area contributed by atoms with Crippen molar-refractivity contribution < 1.29 is 4.79 Å². The number of amides is 1. The number of likely N-dealkylation sites (tertiary alicyclic amines) is 1. The molecule has 16 heavy (non-hydrogen) atoms. The molecule has 1 fully saturated rings. The van der Waals surface area contributed by atoms with Crippen LogP contribution in [0, 0.1) is 0 Å². The van der Waals surface area contributed by atoms with Crippen LogP contribution in [-0.4, -0.2) is 48.9 Å². The average molecular weight is 226 g/mol. The van der Waals surface area contributed by atoms with E-state index >= 15 is 0 Å². The first-order valence-corrected chi connectivity index (χ1v) is 6.70. The summed E-state index contributed by atoms with van der Waals surface area (Å²) in [6.07, 6.45) is 7.38. The van der Waals surface area contributed by atoms with Gasteiger partial charge in [-0.25, -0.2) is 0 Å². The Labute approximate surface area is 99.8 Å². The summed E-state index contributed by atoms with van der Waals surface area (Å²) < 4.78 is 0. The fourth-order valence-corrected chi connectivity index (χ4v) is 2.18. The van der Waals surface area contributed by atoms with E-state index in [2.05, 4.69) is 18.9 Å². The summed E-state index contributed by atoms with van der Waals surface area (Å²) in [5.41, 5.74) is 0. The van der Waals surface area contributed by atoms with Crippen LogP contribution in [-0.2, 0) is 4.79 Å². The zero-order valence-corrected chi connectivity index (χ0v) is 10.9. The number of hydrogen-bond donors (Lipinski definition) is 0. The first-order valence-electron chi connectivity index (χ1n) is 6.70. The first kappa shape index (κ1) is 13.5. The lowest BCUT2D eigenvalue weighted by molar-refractivity contribution is -0.133. The highest BCUT2D eigenvalue weighted by Crippen LogP contribution is 2.09. The van der Waals surface area contributed by atoms with Gasteiger partial charge in [0.15, 0.2) is 0 Å². The van der Waals surface area contributed by atoms with Gasteiger partial charge in [-0.15, -0.1) is 0 Å². The Balaban J connectivity index is 2.16. The van der Waals surface area contributed by atoms with Gasteiger partial charge in [0, 0.05) is 13.1 Å². The van der Waals surface area contributed by atoms with Gasteiger partial charge in [0.2, 0.25) is 5.91 Å². The number of piperidine rings is 1. The van der Waals surface area contributed by atoms with Crippen LogP contribution in [0.4, 0.5) is 0 Å². The van der Waals surface area contributed by atoms with Crippen molar-refractivity contribution in [3.63, 3.8) is 0 Å². The molecule has 0 aromatic rings. The molecule has 0 aliphatic carbocycles. The van der Waals surface area contributed by atoms with Crippen molar-refractivity contribution >= 4 is 5.91 Å². The van der Waals surface area contributed by atoms with E-state index in [1.807, 2.05) is 4.90 Å². The first-order chi connectivity index (χ1) is 7.74. The SMILES string of the molecule is CCCCCN(C)CC(=O)N1CCCCC1. The van der Waals surface area contributed by atoms with Gasteiger partial charge in [0.25, 0.3) is 0 Å². The maximum absolute atomic E-state index is 11.9. The van der Waals surface area contributed by atoms with E-state index in [-0.39, 0.29) is 0 Å². The molecule has 0 unspecified atom stereocenters. The Bertz CT molecular complexity index is 200. The van der Waals surface area contributed by atoms with Crippen LogP contribution < -0.4 is 0 Å². The standard InChI is InChI=1S/C13H26N2O/c1-3-4-6-9-14(2)12-13(16)15-10-7-5-8-11-15/h3-12H2,1-2H3. The lowest BCUT2D eigenvalue weighted by Gasteiger charge is -2.28. The molecule has 1 saturated heterocycles. The van der Waals surface area contributed by atoms with Gasteiger partial charge in [-0.3, -0.25) is 9.69 Å². The van der Waals surface area contributed by atoms with Gasteiger partial charge in [-0.2, -0.15) is 0 Å². The van der Waals surface area contributed by atoms with Crippen molar-refractivity contribution in [3.05, 3.63) is 0 Å². The van der Waals surface area contributed by atoms with E-state index < -0.39 is 0 Å². The summed E-state index contributed by atoms with van der Waals surface area (Å²) >= 11 is 0. The molecule has 1 heterocycles. The van der Waals surface area contributed by atoms with Crippen LogP contribution in [0.3, 0.4) is 0 Å². The van der Waals surface area contributed by atoms with Crippen molar-refractivity contribution in [2.75, 3.05) is 33.2 Å². The monoisotopic (exact) mass is 226 g/mol. The maximum Gasteiger partial charge on any atom is 0.236 e. The minimum Gasteiger partial charge on any atom is -0.342 e. The van der Waals surface area contributed by atoms with Crippen LogP contribution in [0.2, 0.25) is 0 Å². The Kier molecular flexibility index (Phi) is 6.46. The number of carbonyl (C=O) groups is 1. The topological polar surface area (TPSA) is 23.6 Å². The highest BCUT2D eigenvalue weighted by Gasteiger charge is 2.17. The van der Waals surface area contributed by atoms with E-state index in [9.17, 15) is 4.79 Å². The summed E-state index contributed by atoms with van der Waals surface area (Å²) in [5, 5.41) is 0. The molecular formula is C13H26N2O. The second-order valence-electron chi connectivity index (χ2n) is 4.89. The molecule has 0 N–H and O–H groups in total. The number of nitrogens with zero attached hydrogens (tertiary/aromatic N) is 2. The van der Waals surface area contributed by atoms with Gasteiger partial charge in [-0.1, -0.05) is 19.8 Å². The summed E-state index contributed by atoms with van der Waals surface area (Å²) in [7, 11) is 2.05. The minimum atomic E-state index is 0.318. The molecular weight excluding hydrogens is 200 g/mol. The average Bonchev–Trinajstić information content (AvgIpc) is 2.30. The van der Waals surface area contributed by atoms with Crippen molar-refractivity contribution in [1.29, 1.82) is 0 Å². The number of unbranched alkanes of at least 4 members (excludes halogenated alkanes) is 2. The lowest BCUT2D eigenvalue weighted by atomic mass is 10.1. The molecule has 94 valence electrons. The molecule has 3 heteroatoms. The van der Waals surface area contributed by atoms with E-state index in [0.717, 1.165) is 19.6 Å². The van der Waals surface area contributed by atoms with Crippen molar-refractivity contribution in [2.24, 2.45) is 0 Å². The molecule has 3 nitrogen and oxygen atoms in total. The minimum absolute atomic E-state index is 0.318. The van der Waals surface area contributed by atoms with Gasteiger partial charge < -0.3 is 4.90 Å². The lowest BCUT2D eigenvalue weighted by Crippen LogP contribution is -2.41. The van der Waals surface area contributed by atoms with Gasteiger partial charge in [0.05, 0.1) is 6.54 Å². The van der Waals surface area contributed by atoms with Crippen molar-refractivity contribution in [3.8, 4) is 0 Å². The zero-order chi connectivity index (χ0) is 11.8. The fourth-order valence-electron chi connectivity index (χ4n) is 2.18. The number of hydrogen-bond acceptors (Lipinski definition) is 2. The molecule has 1 aliphatic rings. The summed E-state index contributed by atoms with van der Waals surface area (Å²) in [6, 6.07) is 0. The largest absolute Gasteiger partial charge is 0.342 e. The third-order valence-electron chi connectivity index (χ3n) is 3.26. The Hall–Kier alpha value is -0.570. The Morgan fingerprint density at radius 3 is 2.50 bits per heavy atom. The summed E-state index contributed by atoms with van der Waals surface area (Å²) in [6.45, 7) is 5.80. The fraction of sp³-hybridized carbons (Fsp3) is 0.923. The van der Waals surface area contributed by atoms with Crippen LogP contribution >= 0.6 is 0 Å². The molecule has 0 radical (unpaired) electrons. The second kappa shape index (κ2) is 7.66. The molecule has 1 rings (SSSR count). The second-order valence-corrected chi connectivity index (χ2v) is 4.89. The summed E-state index contributed by atoms with van der Waals surface area (Å²) in [5.74, 6) is 0.318. The van der Waals surface area contributed by atoms with E-state index in [1.165, 1.54) is 38.5 Å². The molecule has 0 saturated carbocycles. The quantitative estimate of drug-likeness (QED) is 0.648. The van der Waals surface area contributed by atoms with Crippen LogP contribution in [0.1, 0.15) is 45.4 Å². The zero-order valence-electron chi connectivity index (χ0n) is 10.9. The normalized spacial score (nSPS) is 16.8. The van der Waals surface area contributed by atoms with E-state index in [1.54, 1.807) is 0 Å². The van der Waals surface area contributed by atoms with E-state index in [4.69, 9.17) is 0 Å². The van der Waals surface area contributed by atoms with Crippen molar-refractivity contribution in [2.45, 2.75) is 45.4 Å². The molecule has 0 spiro atoms. The van der Waals surface area contributed by atoms with Gasteiger partial charge in [-0.05, 0) is 39.3 Å². The number of carbonyl (C=O) groups excluding carboxylic acids is 1. The van der Waals surface area contributed by atoms with E-state index in [0.29, 0.717) is 12.5 Å². The van der Waals surface area contributed by atoms with Crippen LogP contribution in [0.25, 0.3) is 0 Å².